The smallest absolute Gasteiger partial charge is 0.412 e. The summed E-state index contributed by atoms with van der Waals surface area (Å²) in [6.45, 7) is 15.1. The lowest BCUT2D eigenvalue weighted by Crippen LogP contribution is -2.36. The normalized spacial score (nSPS) is 12.5. The maximum Gasteiger partial charge on any atom is 0.412 e. The molecular formula is C40H50N6O5S2. The fourth-order valence-corrected chi connectivity index (χ4v) is 7.16. The van der Waals surface area contributed by atoms with Crippen molar-refractivity contribution in [3.8, 4) is 22.5 Å². The molecule has 1 aliphatic heterocycles. The second kappa shape index (κ2) is 18.1. The van der Waals surface area contributed by atoms with E-state index in [1.165, 1.54) is 27.2 Å². The highest BCUT2D eigenvalue weighted by Crippen LogP contribution is 2.41. The van der Waals surface area contributed by atoms with Crippen LogP contribution in [0.1, 0.15) is 65.5 Å². The molecule has 0 bridgehead atoms. The summed E-state index contributed by atoms with van der Waals surface area (Å²) in [5.41, 5.74) is 7.06. The summed E-state index contributed by atoms with van der Waals surface area (Å²) >= 11 is 0. The van der Waals surface area contributed by atoms with Crippen molar-refractivity contribution >= 4 is 50.9 Å². The summed E-state index contributed by atoms with van der Waals surface area (Å²) in [5, 5.41) is 14.6. The maximum absolute atomic E-state index is 13.8. The molecule has 4 aromatic rings. The van der Waals surface area contributed by atoms with Crippen LogP contribution in [0.5, 0.6) is 0 Å². The van der Waals surface area contributed by atoms with Gasteiger partial charge in [-0.2, -0.15) is 0 Å². The summed E-state index contributed by atoms with van der Waals surface area (Å²) in [5.74, 6) is -0.406. The Morgan fingerprint density at radius 1 is 0.849 bits per heavy atom. The minimum atomic E-state index is -0.554. The third-order valence-electron chi connectivity index (χ3n) is 8.43. The van der Waals surface area contributed by atoms with E-state index >= 15 is 0 Å². The number of nitrogens with one attached hydrogen (secondary N) is 2. The molecule has 3 aromatic carbocycles. The van der Waals surface area contributed by atoms with Crippen LogP contribution in [-0.2, 0) is 38.6 Å². The zero-order chi connectivity index (χ0) is 38.0. The monoisotopic (exact) mass is 758 g/mol. The minimum Gasteiger partial charge on any atom is -0.437 e. The summed E-state index contributed by atoms with van der Waals surface area (Å²) in [6, 6.07) is 23.2. The molecule has 0 radical (unpaired) electrons. The highest BCUT2D eigenvalue weighted by Gasteiger charge is 2.29. The Kier molecular flexibility index (Phi) is 13.6. The van der Waals surface area contributed by atoms with Crippen molar-refractivity contribution in [2.45, 2.75) is 73.9 Å². The Balaban J connectivity index is 1.14. The molecule has 1 aliphatic rings. The first-order valence-corrected chi connectivity index (χ1v) is 20.3. The van der Waals surface area contributed by atoms with Crippen LogP contribution in [0.4, 0.5) is 16.2 Å². The number of carbonyl (C=O) groups is 3. The van der Waals surface area contributed by atoms with Gasteiger partial charge in [0.2, 0.25) is 11.8 Å². The second-order valence-electron chi connectivity index (χ2n) is 15.4. The lowest BCUT2D eigenvalue weighted by atomic mass is 9.88. The molecule has 0 atom stereocenters. The lowest BCUT2D eigenvalue weighted by molar-refractivity contribution is -0.127. The van der Waals surface area contributed by atoms with Crippen LogP contribution in [0.25, 0.3) is 22.5 Å². The second-order valence-corrected chi connectivity index (χ2v) is 17.8. The van der Waals surface area contributed by atoms with Gasteiger partial charge in [-0.25, -0.2) is 9.48 Å². The number of benzene rings is 3. The van der Waals surface area contributed by atoms with Gasteiger partial charge < -0.3 is 19.7 Å². The molecule has 11 nitrogen and oxygen atoms in total. The van der Waals surface area contributed by atoms with Crippen molar-refractivity contribution in [2.24, 2.45) is 10.8 Å². The number of carbonyl (C=O) groups excluding carboxylic acids is 3. The summed E-state index contributed by atoms with van der Waals surface area (Å²) in [7, 11) is 2.60. The number of para-hydroxylation sites is 1. The number of fused-ring (bicyclic) bond motifs is 5. The van der Waals surface area contributed by atoms with Gasteiger partial charge in [0.05, 0.1) is 37.0 Å². The van der Waals surface area contributed by atoms with Crippen LogP contribution >= 0.6 is 21.6 Å². The van der Waals surface area contributed by atoms with Crippen molar-refractivity contribution in [1.82, 2.24) is 20.3 Å². The number of ether oxygens (including phenoxy) is 2. The van der Waals surface area contributed by atoms with Crippen LogP contribution in [0.15, 0.2) is 72.8 Å². The van der Waals surface area contributed by atoms with E-state index in [4.69, 9.17) is 9.47 Å². The highest BCUT2D eigenvalue weighted by atomic mass is 33.1. The molecular weight excluding hydrogens is 709 g/mol. The van der Waals surface area contributed by atoms with Crippen molar-refractivity contribution < 1.29 is 23.9 Å². The molecule has 3 amide bonds. The van der Waals surface area contributed by atoms with E-state index in [1.807, 2.05) is 77.5 Å². The van der Waals surface area contributed by atoms with E-state index in [2.05, 4.69) is 62.5 Å². The molecule has 0 saturated heterocycles. The van der Waals surface area contributed by atoms with E-state index in [1.54, 1.807) is 4.90 Å². The Morgan fingerprint density at radius 2 is 1.57 bits per heavy atom. The average molecular weight is 759 g/mol. The molecule has 53 heavy (non-hydrogen) atoms. The standard InChI is InChI=1S/C40H50N6O5S2/c1-39(2,3)19-21-50-22-20-46-37-31-12-8-7-11-29(31)25-45(33-14-10-9-13-32(33)36(37)43-44-46)35(48)23-34(47)41-26-52-53-27-51-38(49)42-30-17-15-28(16-18-30)24-40(4,5)6/h7-18H,19-27H2,1-6H3,(H,41,47)(H,42,49). The van der Waals surface area contributed by atoms with Crippen LogP contribution in [0.3, 0.4) is 0 Å². The fourth-order valence-electron chi connectivity index (χ4n) is 5.86. The average Bonchev–Trinajstić information content (AvgIpc) is 3.50. The Morgan fingerprint density at radius 3 is 2.30 bits per heavy atom. The van der Waals surface area contributed by atoms with E-state index in [0.29, 0.717) is 36.8 Å². The molecule has 2 heterocycles. The van der Waals surface area contributed by atoms with Gasteiger partial charge in [-0.1, -0.05) is 123 Å². The van der Waals surface area contributed by atoms with Gasteiger partial charge in [-0.15, -0.1) is 5.10 Å². The van der Waals surface area contributed by atoms with Gasteiger partial charge in [0.15, 0.2) is 0 Å². The molecule has 5 rings (SSSR count). The number of amides is 3. The van der Waals surface area contributed by atoms with Gasteiger partial charge in [0.1, 0.15) is 18.1 Å². The molecule has 1 aromatic heterocycles. The highest BCUT2D eigenvalue weighted by molar-refractivity contribution is 8.76. The van der Waals surface area contributed by atoms with E-state index in [-0.39, 0.29) is 41.5 Å². The topological polar surface area (TPSA) is 128 Å². The van der Waals surface area contributed by atoms with Crippen molar-refractivity contribution in [2.75, 3.05) is 35.2 Å². The van der Waals surface area contributed by atoms with Gasteiger partial charge in [0.25, 0.3) is 0 Å². The quantitative estimate of drug-likeness (QED) is 0.0563. The van der Waals surface area contributed by atoms with Gasteiger partial charge in [-0.05, 0) is 53.0 Å². The third kappa shape index (κ3) is 11.8. The van der Waals surface area contributed by atoms with E-state index in [0.717, 1.165) is 35.2 Å². The summed E-state index contributed by atoms with van der Waals surface area (Å²) < 4.78 is 13.1. The Hall–Kier alpha value is -4.33. The first-order valence-electron chi connectivity index (χ1n) is 17.8. The van der Waals surface area contributed by atoms with Crippen LogP contribution < -0.4 is 15.5 Å². The number of hydrogen-bond acceptors (Lipinski definition) is 9. The van der Waals surface area contributed by atoms with Crippen molar-refractivity contribution in [3.63, 3.8) is 0 Å². The van der Waals surface area contributed by atoms with Crippen LogP contribution in [0.2, 0.25) is 0 Å². The number of hydrogen-bond donors (Lipinski definition) is 2. The van der Waals surface area contributed by atoms with E-state index in [9.17, 15) is 14.4 Å². The lowest BCUT2D eigenvalue weighted by Gasteiger charge is -2.28. The molecule has 0 fully saturated rings. The molecule has 0 spiro atoms. The third-order valence-corrected chi connectivity index (χ3v) is 10.2. The summed E-state index contributed by atoms with van der Waals surface area (Å²) in [4.78, 5) is 40.6. The van der Waals surface area contributed by atoms with Crippen molar-refractivity contribution in [3.05, 3.63) is 83.9 Å². The molecule has 0 unspecified atom stereocenters. The van der Waals surface area contributed by atoms with Gasteiger partial charge in [-0.3, -0.25) is 14.9 Å². The van der Waals surface area contributed by atoms with Gasteiger partial charge in [0, 0.05) is 23.4 Å². The SMILES string of the molecule is CC(C)(C)CCOCCn1nnc2c1-c1ccccc1CN(C(=O)CC(=O)NCSSCOC(=O)Nc1ccc(CC(C)(C)C)cc1)c1ccccc1-2. The molecule has 282 valence electrons. The van der Waals surface area contributed by atoms with Gasteiger partial charge >= 0.3 is 6.09 Å². The molecule has 13 heteroatoms. The number of aromatic nitrogens is 3. The van der Waals surface area contributed by atoms with Crippen molar-refractivity contribution in [1.29, 1.82) is 0 Å². The Bertz CT molecular complexity index is 1870. The fraction of sp³-hybridized carbons (Fsp3) is 0.425. The molecule has 2 N–H and O–H groups in total. The molecule has 0 saturated carbocycles. The first kappa shape index (κ1) is 39.9. The maximum atomic E-state index is 13.8. The first-order chi connectivity index (χ1) is 25.3. The zero-order valence-electron chi connectivity index (χ0n) is 31.4. The van der Waals surface area contributed by atoms with Crippen LogP contribution in [0, 0.1) is 10.8 Å². The molecule has 0 aliphatic carbocycles. The predicted molar refractivity (Wildman–Crippen MR) is 214 cm³/mol. The number of rotatable bonds is 14. The zero-order valence-corrected chi connectivity index (χ0v) is 33.1. The van der Waals surface area contributed by atoms with Crippen LogP contribution in [-0.4, -0.2) is 57.9 Å². The van der Waals surface area contributed by atoms with E-state index < -0.39 is 12.0 Å². The largest absolute Gasteiger partial charge is 0.437 e. The predicted octanol–water partition coefficient (Wildman–Crippen LogP) is 8.55. The number of anilines is 2. The Labute approximate surface area is 320 Å². The summed E-state index contributed by atoms with van der Waals surface area (Å²) in [6.07, 6.45) is 1.02. The number of nitrogens with zero attached hydrogens (tertiary/aromatic N) is 4. The minimum absolute atomic E-state index is 0.0915.